The van der Waals surface area contributed by atoms with Crippen LogP contribution in [-0.4, -0.2) is 10.3 Å². The Kier molecular flexibility index (Phi) is 2.24. The van der Waals surface area contributed by atoms with Gasteiger partial charge in [-0.2, -0.15) is 0 Å². The number of phenolic OH excluding ortho intramolecular Hbond substituents is 1. The first-order chi connectivity index (χ1) is 7.08. The van der Waals surface area contributed by atoms with Crippen molar-refractivity contribution in [2.75, 3.05) is 5.73 Å². The summed E-state index contributed by atoms with van der Waals surface area (Å²) >= 11 is 5.59. The molecule has 2 aromatic rings. The first-order valence-electron chi connectivity index (χ1n) is 3.98. The fraction of sp³-hybridized carbons (Fsp3) is 0. The Balaban J connectivity index is 2.62. The zero-order valence-corrected chi connectivity index (χ0v) is 8.12. The number of aromatic nitrogens is 1. The summed E-state index contributed by atoms with van der Waals surface area (Å²) in [6.45, 7) is 0. The largest absolute Gasteiger partial charge is 0.506 e. The number of hydrogen-bond donors (Lipinski definition) is 2. The highest BCUT2D eigenvalue weighted by atomic mass is 35.5. The maximum absolute atomic E-state index is 13.0. The van der Waals surface area contributed by atoms with Crippen LogP contribution in [0.15, 0.2) is 22.7 Å². The minimum Gasteiger partial charge on any atom is -0.506 e. The molecule has 0 aliphatic rings. The number of halogens is 2. The Morgan fingerprint density at radius 3 is 2.73 bits per heavy atom. The lowest BCUT2D eigenvalue weighted by Gasteiger charge is -2.02. The van der Waals surface area contributed by atoms with Crippen LogP contribution in [-0.2, 0) is 0 Å². The van der Waals surface area contributed by atoms with Crippen molar-refractivity contribution < 1.29 is 14.0 Å². The highest BCUT2D eigenvalue weighted by Crippen LogP contribution is 2.36. The Morgan fingerprint density at radius 2 is 2.13 bits per heavy atom. The third kappa shape index (κ3) is 1.73. The average molecular weight is 229 g/mol. The molecular formula is C9H6ClFN2O2. The summed E-state index contributed by atoms with van der Waals surface area (Å²) in [5, 5.41) is 12.9. The van der Waals surface area contributed by atoms with E-state index in [1.807, 2.05) is 0 Å². The standard InChI is InChI=1S/C9H6ClFN2O2/c10-6-2-4(11)1-5(9(6)14)7-3-8(12)13-15-7/h1-3,14H,(H2,12,13). The van der Waals surface area contributed by atoms with Crippen molar-refractivity contribution in [3.8, 4) is 17.1 Å². The van der Waals surface area contributed by atoms with Crippen molar-refractivity contribution in [3.05, 3.63) is 29.0 Å². The summed E-state index contributed by atoms with van der Waals surface area (Å²) in [6, 6.07) is 3.45. The van der Waals surface area contributed by atoms with Gasteiger partial charge in [0.2, 0.25) is 0 Å². The van der Waals surface area contributed by atoms with Crippen LogP contribution in [0.4, 0.5) is 10.2 Å². The highest BCUT2D eigenvalue weighted by molar-refractivity contribution is 6.32. The molecule has 0 fully saturated rings. The van der Waals surface area contributed by atoms with E-state index in [9.17, 15) is 9.50 Å². The van der Waals surface area contributed by atoms with Crippen molar-refractivity contribution >= 4 is 17.4 Å². The van der Waals surface area contributed by atoms with Gasteiger partial charge in [-0.25, -0.2) is 4.39 Å². The number of anilines is 1. The predicted molar refractivity (Wildman–Crippen MR) is 53.0 cm³/mol. The molecule has 0 radical (unpaired) electrons. The first-order valence-corrected chi connectivity index (χ1v) is 4.36. The molecule has 1 aromatic heterocycles. The van der Waals surface area contributed by atoms with Gasteiger partial charge in [0.25, 0.3) is 0 Å². The molecule has 1 aromatic carbocycles. The second-order valence-electron chi connectivity index (χ2n) is 2.90. The normalized spacial score (nSPS) is 10.5. The van der Waals surface area contributed by atoms with Crippen molar-refractivity contribution in [2.45, 2.75) is 0 Å². The van der Waals surface area contributed by atoms with Crippen molar-refractivity contribution in [1.29, 1.82) is 0 Å². The highest BCUT2D eigenvalue weighted by Gasteiger charge is 2.14. The van der Waals surface area contributed by atoms with E-state index in [1.54, 1.807) is 0 Å². The number of rotatable bonds is 1. The Labute approximate surface area is 89.1 Å². The molecule has 6 heteroatoms. The SMILES string of the molecule is Nc1cc(-c2cc(F)cc(Cl)c2O)on1. The van der Waals surface area contributed by atoms with Crippen molar-refractivity contribution in [1.82, 2.24) is 5.16 Å². The average Bonchev–Trinajstić information content (AvgIpc) is 2.58. The second-order valence-corrected chi connectivity index (χ2v) is 3.31. The quantitative estimate of drug-likeness (QED) is 0.786. The lowest BCUT2D eigenvalue weighted by Crippen LogP contribution is -1.82. The van der Waals surface area contributed by atoms with E-state index in [4.69, 9.17) is 21.9 Å². The van der Waals surface area contributed by atoms with Crippen LogP contribution >= 0.6 is 11.6 Å². The zero-order valence-electron chi connectivity index (χ0n) is 7.37. The van der Waals surface area contributed by atoms with Gasteiger partial charge in [-0.1, -0.05) is 16.8 Å². The molecule has 0 aliphatic carbocycles. The summed E-state index contributed by atoms with van der Waals surface area (Å²) in [5.74, 6) is -0.548. The monoisotopic (exact) mass is 228 g/mol. The van der Waals surface area contributed by atoms with Crippen molar-refractivity contribution in [2.24, 2.45) is 0 Å². The summed E-state index contributed by atoms with van der Waals surface area (Å²) in [4.78, 5) is 0. The number of nitrogens with two attached hydrogens (primary N) is 1. The van der Waals surface area contributed by atoms with Gasteiger partial charge >= 0.3 is 0 Å². The van der Waals surface area contributed by atoms with Gasteiger partial charge in [-0.05, 0) is 12.1 Å². The molecule has 3 N–H and O–H groups in total. The number of hydrogen-bond acceptors (Lipinski definition) is 4. The van der Waals surface area contributed by atoms with Crippen LogP contribution < -0.4 is 5.73 Å². The number of nitrogens with zero attached hydrogens (tertiary/aromatic N) is 1. The number of benzene rings is 1. The molecule has 2 rings (SSSR count). The Hall–Kier alpha value is -1.75. The van der Waals surface area contributed by atoms with E-state index < -0.39 is 5.82 Å². The van der Waals surface area contributed by atoms with E-state index in [2.05, 4.69) is 5.16 Å². The van der Waals surface area contributed by atoms with E-state index in [0.29, 0.717) is 0 Å². The molecule has 4 nitrogen and oxygen atoms in total. The molecule has 0 spiro atoms. The molecule has 0 aliphatic heterocycles. The summed E-state index contributed by atoms with van der Waals surface area (Å²) in [7, 11) is 0. The van der Waals surface area contributed by atoms with Crippen LogP contribution in [0, 0.1) is 5.82 Å². The zero-order chi connectivity index (χ0) is 11.0. The minimum absolute atomic E-state index is 0.0972. The van der Waals surface area contributed by atoms with Crippen LogP contribution in [0.1, 0.15) is 0 Å². The van der Waals surface area contributed by atoms with E-state index in [1.165, 1.54) is 6.07 Å². The third-order valence-corrected chi connectivity index (χ3v) is 2.11. The summed E-state index contributed by atoms with van der Waals surface area (Å²) in [5.41, 5.74) is 5.44. The topological polar surface area (TPSA) is 72.3 Å². The van der Waals surface area contributed by atoms with Crippen LogP contribution in [0.5, 0.6) is 5.75 Å². The number of nitrogen functional groups attached to an aromatic ring is 1. The number of aromatic hydroxyl groups is 1. The Morgan fingerprint density at radius 1 is 1.40 bits per heavy atom. The molecular weight excluding hydrogens is 223 g/mol. The molecule has 0 saturated heterocycles. The minimum atomic E-state index is -0.581. The molecule has 0 unspecified atom stereocenters. The maximum Gasteiger partial charge on any atom is 0.172 e. The van der Waals surface area contributed by atoms with Gasteiger partial charge < -0.3 is 15.4 Å². The lowest BCUT2D eigenvalue weighted by molar-refractivity contribution is 0.428. The Bertz CT molecular complexity index is 513. The van der Waals surface area contributed by atoms with Gasteiger partial charge in [-0.3, -0.25) is 0 Å². The van der Waals surface area contributed by atoms with E-state index >= 15 is 0 Å². The molecule has 78 valence electrons. The van der Waals surface area contributed by atoms with E-state index in [-0.39, 0.29) is 27.9 Å². The smallest absolute Gasteiger partial charge is 0.172 e. The van der Waals surface area contributed by atoms with E-state index in [0.717, 1.165) is 12.1 Å². The van der Waals surface area contributed by atoms with Gasteiger partial charge in [0.05, 0.1) is 10.6 Å². The lowest BCUT2D eigenvalue weighted by atomic mass is 10.1. The third-order valence-electron chi connectivity index (χ3n) is 1.82. The number of phenols is 1. The van der Waals surface area contributed by atoms with Gasteiger partial charge in [0.15, 0.2) is 11.6 Å². The molecule has 0 bridgehead atoms. The van der Waals surface area contributed by atoms with Gasteiger partial charge in [-0.15, -0.1) is 0 Å². The molecule has 0 saturated carbocycles. The molecule has 0 amide bonds. The van der Waals surface area contributed by atoms with Crippen LogP contribution in [0.2, 0.25) is 5.02 Å². The molecule has 0 atom stereocenters. The van der Waals surface area contributed by atoms with Gasteiger partial charge in [0, 0.05) is 6.07 Å². The maximum atomic E-state index is 13.0. The fourth-order valence-electron chi connectivity index (χ4n) is 1.17. The van der Waals surface area contributed by atoms with Crippen LogP contribution in [0.25, 0.3) is 11.3 Å². The van der Waals surface area contributed by atoms with Crippen molar-refractivity contribution in [3.63, 3.8) is 0 Å². The predicted octanol–water partition coefficient (Wildman–Crippen LogP) is 2.42. The second kappa shape index (κ2) is 3.43. The van der Waals surface area contributed by atoms with Gasteiger partial charge in [0.1, 0.15) is 11.6 Å². The summed E-state index contributed by atoms with van der Waals surface area (Å²) < 4.78 is 17.8. The van der Waals surface area contributed by atoms with Crippen LogP contribution in [0.3, 0.4) is 0 Å². The molecule has 1 heterocycles. The summed E-state index contributed by atoms with van der Waals surface area (Å²) in [6.07, 6.45) is 0. The fourth-order valence-corrected chi connectivity index (χ4v) is 1.38. The molecule has 15 heavy (non-hydrogen) atoms. The first kappa shape index (κ1) is 9.79.